The van der Waals surface area contributed by atoms with Gasteiger partial charge in [0.1, 0.15) is 6.04 Å². The van der Waals surface area contributed by atoms with Gasteiger partial charge in [-0.3, -0.25) is 9.59 Å². The van der Waals surface area contributed by atoms with Crippen molar-refractivity contribution < 1.29 is 58.1 Å². The Morgan fingerprint density at radius 1 is 1.23 bits per heavy atom. The van der Waals surface area contributed by atoms with Gasteiger partial charge in [0, 0.05) is 33.7 Å². The molecule has 0 radical (unpaired) electrons. The Bertz CT molecular complexity index is 152. The third-order valence-corrected chi connectivity index (χ3v) is 0.986. The molecule has 8 heteroatoms. The van der Waals surface area contributed by atoms with E-state index in [2.05, 4.69) is 0 Å². The van der Waals surface area contributed by atoms with Crippen LogP contribution >= 0.6 is 0 Å². The molecule has 0 heterocycles. The van der Waals surface area contributed by atoms with Crippen molar-refractivity contribution in [2.45, 2.75) is 18.9 Å². The van der Waals surface area contributed by atoms with Crippen molar-refractivity contribution in [3.05, 3.63) is 0 Å². The van der Waals surface area contributed by atoms with Gasteiger partial charge < -0.3 is 26.9 Å². The average molecular weight is 296 g/mol. The van der Waals surface area contributed by atoms with Gasteiger partial charge in [-0.15, -0.1) is 0 Å². The predicted octanol–water partition coefficient (Wildman–Crippen LogP) is -2.39. The average Bonchev–Trinajstić information content (AvgIpc) is 1.82. The maximum atomic E-state index is 9.99. The molecule has 0 amide bonds. The molecule has 0 aliphatic heterocycles. The summed E-state index contributed by atoms with van der Waals surface area (Å²) in [5.41, 5.74) is 5.00. The molecule has 0 aliphatic rings. The number of hydrogen-bond acceptors (Lipinski definition) is 3. The van der Waals surface area contributed by atoms with E-state index in [0.717, 1.165) is 0 Å². The van der Waals surface area contributed by atoms with Crippen molar-refractivity contribution in [3.8, 4) is 0 Å². The summed E-state index contributed by atoms with van der Waals surface area (Å²) in [6.45, 7) is 0. The van der Waals surface area contributed by atoms with Crippen LogP contribution in [0.3, 0.4) is 0 Å². The molecule has 7 nitrogen and oxygen atoms in total. The minimum atomic E-state index is -1.17. The van der Waals surface area contributed by atoms with Crippen LogP contribution in [-0.4, -0.2) is 39.1 Å². The normalized spacial score (nSPS) is 9.62. The van der Waals surface area contributed by atoms with Gasteiger partial charge in [0.25, 0.3) is 0 Å². The Morgan fingerprint density at radius 2 is 1.62 bits per heavy atom. The van der Waals surface area contributed by atoms with Crippen LogP contribution in [0.15, 0.2) is 0 Å². The van der Waals surface area contributed by atoms with E-state index in [1.807, 2.05) is 0 Å². The molecule has 0 saturated carbocycles. The van der Waals surface area contributed by atoms with Gasteiger partial charge in [0.15, 0.2) is 0 Å². The minimum Gasteiger partial charge on any atom is -0.481 e. The van der Waals surface area contributed by atoms with E-state index in [4.69, 9.17) is 15.9 Å². The first kappa shape index (κ1) is 23.0. The molecule has 0 fully saturated rings. The van der Waals surface area contributed by atoms with E-state index in [1.54, 1.807) is 0 Å². The second-order valence-corrected chi connectivity index (χ2v) is 1.88. The monoisotopic (exact) mass is 297 g/mol. The summed E-state index contributed by atoms with van der Waals surface area (Å²) in [6.07, 6.45) is -0.224. The van der Waals surface area contributed by atoms with E-state index in [9.17, 15) is 9.59 Å². The zero-order chi connectivity index (χ0) is 8.15. The molecule has 76 valence electrons. The van der Waals surface area contributed by atoms with Gasteiger partial charge in [-0.05, 0) is 6.42 Å². The van der Waals surface area contributed by atoms with Crippen molar-refractivity contribution in [1.82, 2.24) is 0 Å². The van der Waals surface area contributed by atoms with Gasteiger partial charge in [-0.2, -0.15) is 0 Å². The first-order chi connectivity index (χ1) is 4.54. The number of nitrogens with two attached hydrogens (primary N) is 1. The molecular formula is C5H13CdNO6. The molecule has 0 aromatic heterocycles. The van der Waals surface area contributed by atoms with Crippen molar-refractivity contribution in [3.63, 3.8) is 0 Å². The molecule has 0 rings (SSSR count). The maximum absolute atomic E-state index is 9.99. The first-order valence-electron chi connectivity index (χ1n) is 2.74. The van der Waals surface area contributed by atoms with Gasteiger partial charge >= 0.3 is 11.9 Å². The summed E-state index contributed by atoms with van der Waals surface area (Å²) in [5, 5.41) is 16.3. The summed E-state index contributed by atoms with van der Waals surface area (Å²) in [4.78, 5) is 19.9. The molecule has 8 N–H and O–H groups in total. The molecule has 0 unspecified atom stereocenters. The first-order valence-corrected chi connectivity index (χ1v) is 2.74. The SMILES string of the molecule is N[C@@H](CCC(=O)O)C(=O)O.O.O.[Cd]. The molecule has 0 bridgehead atoms. The van der Waals surface area contributed by atoms with Gasteiger partial charge in [-0.25, -0.2) is 0 Å². The van der Waals surface area contributed by atoms with Crippen molar-refractivity contribution >= 4 is 11.9 Å². The standard InChI is InChI=1S/C5H9NO4.Cd.2H2O/c6-3(5(9)10)1-2-4(7)8;;;/h3H,1-2,6H2,(H,7,8)(H,9,10);;2*1H2/t3-;;;/m0.../s1. The van der Waals surface area contributed by atoms with Crippen LogP contribution in [0.4, 0.5) is 0 Å². The molecular weight excluding hydrogens is 282 g/mol. The van der Waals surface area contributed by atoms with E-state index >= 15 is 0 Å². The van der Waals surface area contributed by atoms with E-state index in [-0.39, 0.29) is 51.1 Å². The molecule has 0 aromatic carbocycles. The fraction of sp³-hybridized carbons (Fsp3) is 0.600. The second-order valence-electron chi connectivity index (χ2n) is 1.88. The molecule has 0 saturated heterocycles. The largest absolute Gasteiger partial charge is 0.481 e. The van der Waals surface area contributed by atoms with Crippen LogP contribution in [0.2, 0.25) is 0 Å². The van der Waals surface area contributed by atoms with Crippen LogP contribution in [-0.2, 0) is 36.9 Å². The van der Waals surface area contributed by atoms with Gasteiger partial charge in [0.05, 0.1) is 0 Å². The number of hydrogen-bond donors (Lipinski definition) is 3. The third kappa shape index (κ3) is 14.6. The number of carbonyl (C=O) groups is 2. The summed E-state index contributed by atoms with van der Waals surface area (Å²) in [7, 11) is 0. The van der Waals surface area contributed by atoms with Crippen molar-refractivity contribution in [2.75, 3.05) is 0 Å². The molecule has 0 aromatic rings. The number of rotatable bonds is 4. The Balaban J connectivity index is -0.000000135. The van der Waals surface area contributed by atoms with Crippen LogP contribution < -0.4 is 5.73 Å². The van der Waals surface area contributed by atoms with Crippen LogP contribution in [0, 0.1) is 0 Å². The molecule has 13 heavy (non-hydrogen) atoms. The number of aliphatic carboxylic acids is 2. The summed E-state index contributed by atoms with van der Waals surface area (Å²) in [6, 6.07) is -1.06. The van der Waals surface area contributed by atoms with E-state index < -0.39 is 18.0 Å². The van der Waals surface area contributed by atoms with Gasteiger partial charge in [0.2, 0.25) is 0 Å². The van der Waals surface area contributed by atoms with E-state index in [1.165, 1.54) is 0 Å². The molecule has 1 atom stereocenters. The predicted molar refractivity (Wildman–Crippen MR) is 39.7 cm³/mol. The van der Waals surface area contributed by atoms with Crippen LogP contribution in [0.5, 0.6) is 0 Å². The Hall–Kier alpha value is -0.258. The smallest absolute Gasteiger partial charge is 0.320 e. The van der Waals surface area contributed by atoms with Crippen molar-refractivity contribution in [2.24, 2.45) is 5.73 Å². The zero-order valence-corrected chi connectivity index (χ0v) is 11.0. The topological polar surface area (TPSA) is 164 Å². The number of carboxylic acid groups (broad SMARTS) is 2. The minimum absolute atomic E-state index is 0. The van der Waals surface area contributed by atoms with Crippen molar-refractivity contribution in [1.29, 1.82) is 0 Å². The number of carboxylic acids is 2. The summed E-state index contributed by atoms with van der Waals surface area (Å²) in [5.74, 6) is -2.20. The summed E-state index contributed by atoms with van der Waals surface area (Å²) < 4.78 is 0. The Morgan fingerprint density at radius 3 is 1.85 bits per heavy atom. The zero-order valence-electron chi connectivity index (χ0n) is 6.99. The van der Waals surface area contributed by atoms with Crippen LogP contribution in [0.1, 0.15) is 12.8 Å². The van der Waals surface area contributed by atoms with E-state index in [0.29, 0.717) is 0 Å². The van der Waals surface area contributed by atoms with Crippen LogP contribution in [0.25, 0.3) is 0 Å². The third-order valence-electron chi connectivity index (χ3n) is 0.986. The Kier molecular flexibility index (Phi) is 20.8. The quantitative estimate of drug-likeness (QED) is 0.492. The fourth-order valence-corrected chi connectivity index (χ4v) is 0.402. The second kappa shape index (κ2) is 11.7. The summed E-state index contributed by atoms with van der Waals surface area (Å²) >= 11 is 0. The Labute approximate surface area is 94.7 Å². The fourth-order valence-electron chi connectivity index (χ4n) is 0.402. The molecule has 0 aliphatic carbocycles. The molecule has 0 spiro atoms. The van der Waals surface area contributed by atoms with Gasteiger partial charge in [-0.1, -0.05) is 0 Å². The maximum Gasteiger partial charge on any atom is 0.320 e.